The maximum atomic E-state index is 14.2. The second kappa shape index (κ2) is 8.37. The number of aliphatic hydroxyl groups is 1. The first-order chi connectivity index (χ1) is 12.5. The molecule has 0 bridgehead atoms. The van der Waals surface area contributed by atoms with Gasteiger partial charge in [-0.2, -0.15) is 4.98 Å². The van der Waals surface area contributed by atoms with Gasteiger partial charge < -0.3 is 15.7 Å². The summed E-state index contributed by atoms with van der Waals surface area (Å²) in [6.07, 6.45) is 3.35. The smallest absolute Gasteiger partial charge is 0.225 e. The number of rotatable bonds is 6. The van der Waals surface area contributed by atoms with Gasteiger partial charge in [0.25, 0.3) is 0 Å². The zero-order chi connectivity index (χ0) is 18.5. The normalized spacial score (nSPS) is 11.8. The Kier molecular flexibility index (Phi) is 5.94. The number of anilines is 3. The molecule has 0 aliphatic carbocycles. The van der Waals surface area contributed by atoms with Crippen LogP contribution in [0.5, 0.6) is 0 Å². The molecule has 0 unspecified atom stereocenters. The molecule has 26 heavy (non-hydrogen) atoms. The third-order valence-electron chi connectivity index (χ3n) is 3.55. The SMILES string of the molecule is C[C@@H](CO)Nc1nc(Nc2ccc(I)cc2F)cc(-c2ccncc2)n1. The third kappa shape index (κ3) is 4.64. The van der Waals surface area contributed by atoms with E-state index in [4.69, 9.17) is 0 Å². The van der Waals surface area contributed by atoms with Crippen LogP contribution in [0.3, 0.4) is 0 Å². The van der Waals surface area contributed by atoms with Crippen LogP contribution < -0.4 is 10.6 Å². The van der Waals surface area contributed by atoms with Crippen molar-refractivity contribution >= 4 is 40.0 Å². The fourth-order valence-corrected chi connectivity index (χ4v) is 2.69. The van der Waals surface area contributed by atoms with Crippen LogP contribution in [-0.4, -0.2) is 32.7 Å². The Morgan fingerprint density at radius 3 is 2.62 bits per heavy atom. The number of nitrogens with one attached hydrogen (secondary N) is 2. The third-order valence-corrected chi connectivity index (χ3v) is 4.22. The van der Waals surface area contributed by atoms with Crippen molar-refractivity contribution in [2.24, 2.45) is 0 Å². The quantitative estimate of drug-likeness (QED) is 0.481. The zero-order valence-electron chi connectivity index (χ0n) is 13.9. The molecule has 0 aliphatic heterocycles. The van der Waals surface area contributed by atoms with E-state index in [2.05, 4.69) is 48.2 Å². The molecule has 2 heterocycles. The molecule has 0 aliphatic rings. The van der Waals surface area contributed by atoms with Crippen molar-refractivity contribution in [1.82, 2.24) is 15.0 Å². The van der Waals surface area contributed by atoms with Gasteiger partial charge in [0.1, 0.15) is 11.6 Å². The Bertz CT molecular complexity index is 894. The Labute approximate surface area is 164 Å². The maximum absolute atomic E-state index is 14.2. The van der Waals surface area contributed by atoms with Gasteiger partial charge in [-0.3, -0.25) is 4.98 Å². The second-order valence-electron chi connectivity index (χ2n) is 5.68. The zero-order valence-corrected chi connectivity index (χ0v) is 16.1. The molecule has 1 aromatic carbocycles. The van der Waals surface area contributed by atoms with Crippen LogP contribution in [0, 0.1) is 9.39 Å². The van der Waals surface area contributed by atoms with Gasteiger partial charge in [-0.25, -0.2) is 9.37 Å². The fraction of sp³-hybridized carbons (Fsp3) is 0.167. The minimum absolute atomic E-state index is 0.0582. The van der Waals surface area contributed by atoms with Crippen molar-refractivity contribution in [3.63, 3.8) is 0 Å². The van der Waals surface area contributed by atoms with Gasteiger partial charge in [0, 0.05) is 33.6 Å². The van der Waals surface area contributed by atoms with Crippen LogP contribution in [0.1, 0.15) is 6.92 Å². The standard InChI is InChI=1S/C18H17FIN5O/c1-11(10-26)22-18-24-16(12-4-6-21-7-5-12)9-17(25-18)23-15-3-2-13(20)8-14(15)19/h2-9,11,26H,10H2,1H3,(H2,22,23,24,25)/t11-/m0/s1. The Morgan fingerprint density at radius 1 is 1.15 bits per heavy atom. The van der Waals surface area contributed by atoms with Gasteiger partial charge >= 0.3 is 0 Å². The highest BCUT2D eigenvalue weighted by Crippen LogP contribution is 2.25. The topological polar surface area (TPSA) is 83.0 Å². The first-order valence-corrected chi connectivity index (χ1v) is 9.02. The molecule has 1 atom stereocenters. The van der Waals surface area contributed by atoms with Crippen molar-refractivity contribution in [2.75, 3.05) is 17.2 Å². The van der Waals surface area contributed by atoms with E-state index in [1.807, 2.05) is 25.1 Å². The predicted molar refractivity (Wildman–Crippen MR) is 108 cm³/mol. The van der Waals surface area contributed by atoms with Crippen LogP contribution in [-0.2, 0) is 0 Å². The molecule has 0 fully saturated rings. The van der Waals surface area contributed by atoms with E-state index in [0.29, 0.717) is 23.1 Å². The summed E-state index contributed by atoms with van der Waals surface area (Å²) in [5, 5.41) is 15.3. The fourth-order valence-electron chi connectivity index (χ4n) is 2.24. The molecule has 8 heteroatoms. The van der Waals surface area contributed by atoms with Gasteiger partial charge in [-0.1, -0.05) is 0 Å². The molecule has 6 nitrogen and oxygen atoms in total. The van der Waals surface area contributed by atoms with E-state index in [0.717, 1.165) is 9.13 Å². The molecule has 0 amide bonds. The lowest BCUT2D eigenvalue weighted by atomic mass is 10.2. The summed E-state index contributed by atoms with van der Waals surface area (Å²) in [4.78, 5) is 12.9. The van der Waals surface area contributed by atoms with Crippen molar-refractivity contribution in [3.8, 4) is 11.3 Å². The number of pyridine rings is 1. The lowest BCUT2D eigenvalue weighted by Crippen LogP contribution is -2.21. The summed E-state index contributed by atoms with van der Waals surface area (Å²) in [6, 6.07) is 10.1. The van der Waals surface area contributed by atoms with Gasteiger partial charge in [0.2, 0.25) is 5.95 Å². The average molecular weight is 465 g/mol. The molecule has 0 saturated heterocycles. The minimum Gasteiger partial charge on any atom is -0.394 e. The summed E-state index contributed by atoms with van der Waals surface area (Å²) in [5.41, 5.74) is 1.84. The number of aromatic nitrogens is 3. The molecule has 3 aromatic rings. The first kappa shape index (κ1) is 18.5. The van der Waals surface area contributed by atoms with Gasteiger partial charge in [0.05, 0.1) is 18.0 Å². The molecule has 134 valence electrons. The van der Waals surface area contributed by atoms with Crippen molar-refractivity contribution in [3.05, 3.63) is 58.2 Å². The highest BCUT2D eigenvalue weighted by atomic mass is 127. The molecular formula is C18H17FIN5O. The van der Waals surface area contributed by atoms with E-state index < -0.39 is 0 Å². The monoisotopic (exact) mass is 465 g/mol. The van der Waals surface area contributed by atoms with Crippen molar-refractivity contribution in [1.29, 1.82) is 0 Å². The lowest BCUT2D eigenvalue weighted by molar-refractivity contribution is 0.281. The molecule has 3 N–H and O–H groups in total. The van der Waals surface area contributed by atoms with Gasteiger partial charge in [0.15, 0.2) is 0 Å². The number of benzene rings is 1. The summed E-state index contributed by atoms with van der Waals surface area (Å²) < 4.78 is 15.0. The van der Waals surface area contributed by atoms with Crippen molar-refractivity contribution < 1.29 is 9.50 Å². The Morgan fingerprint density at radius 2 is 1.92 bits per heavy atom. The van der Waals surface area contributed by atoms with Crippen LogP contribution in [0.25, 0.3) is 11.3 Å². The Hall–Kier alpha value is -2.33. The van der Waals surface area contributed by atoms with Crippen LogP contribution in [0.15, 0.2) is 48.8 Å². The number of halogens is 2. The van der Waals surface area contributed by atoms with E-state index in [1.165, 1.54) is 6.07 Å². The van der Waals surface area contributed by atoms with E-state index in [9.17, 15) is 9.50 Å². The average Bonchev–Trinajstić information content (AvgIpc) is 2.64. The summed E-state index contributed by atoms with van der Waals surface area (Å²) >= 11 is 2.06. The number of hydrogen-bond acceptors (Lipinski definition) is 6. The number of nitrogens with zero attached hydrogens (tertiary/aromatic N) is 3. The summed E-state index contributed by atoms with van der Waals surface area (Å²) in [6.45, 7) is 1.76. The predicted octanol–water partition coefficient (Wildman–Crippen LogP) is 3.82. The van der Waals surface area contributed by atoms with E-state index in [1.54, 1.807) is 24.5 Å². The minimum atomic E-state index is -0.362. The maximum Gasteiger partial charge on any atom is 0.225 e. The Balaban J connectivity index is 1.98. The van der Waals surface area contributed by atoms with Crippen LogP contribution >= 0.6 is 22.6 Å². The summed E-state index contributed by atoms with van der Waals surface area (Å²) in [5.74, 6) is 0.424. The second-order valence-corrected chi connectivity index (χ2v) is 6.92. The van der Waals surface area contributed by atoms with E-state index in [-0.39, 0.29) is 18.5 Å². The molecule has 3 rings (SSSR count). The summed E-state index contributed by atoms with van der Waals surface area (Å²) in [7, 11) is 0. The number of hydrogen-bond donors (Lipinski definition) is 3. The molecule has 0 radical (unpaired) electrons. The van der Waals surface area contributed by atoms with Crippen LogP contribution in [0.4, 0.5) is 21.8 Å². The highest BCUT2D eigenvalue weighted by Gasteiger charge is 2.11. The number of aliphatic hydroxyl groups excluding tert-OH is 1. The molecule has 0 saturated carbocycles. The molecular weight excluding hydrogens is 448 g/mol. The van der Waals surface area contributed by atoms with Crippen LogP contribution in [0.2, 0.25) is 0 Å². The molecule has 0 spiro atoms. The van der Waals surface area contributed by atoms with Crippen molar-refractivity contribution in [2.45, 2.75) is 13.0 Å². The van der Waals surface area contributed by atoms with E-state index >= 15 is 0 Å². The first-order valence-electron chi connectivity index (χ1n) is 7.94. The van der Waals surface area contributed by atoms with Gasteiger partial charge in [-0.05, 0) is 59.8 Å². The molecule has 2 aromatic heterocycles. The van der Waals surface area contributed by atoms with Gasteiger partial charge in [-0.15, -0.1) is 0 Å². The highest BCUT2D eigenvalue weighted by molar-refractivity contribution is 14.1. The largest absolute Gasteiger partial charge is 0.394 e. The lowest BCUT2D eigenvalue weighted by Gasteiger charge is -2.14.